The number of rotatable bonds is 7. The van der Waals surface area contributed by atoms with Crippen molar-refractivity contribution in [2.45, 2.75) is 18.4 Å². The van der Waals surface area contributed by atoms with Crippen LogP contribution >= 0.6 is 11.3 Å². The number of aromatic nitrogens is 1. The SMILES string of the molecule is Cc1ccc(N(C)S(=O)(=O)c2c(-c3ccccc3)csc2C(=O)NCc2cccnc2)cc1. The van der Waals surface area contributed by atoms with Crippen molar-refractivity contribution in [3.05, 3.63) is 101 Å². The zero-order valence-electron chi connectivity index (χ0n) is 18.2. The van der Waals surface area contributed by atoms with Crippen LogP contribution in [0.3, 0.4) is 0 Å². The smallest absolute Gasteiger partial charge is 0.266 e. The van der Waals surface area contributed by atoms with E-state index in [4.69, 9.17) is 0 Å². The van der Waals surface area contributed by atoms with E-state index in [1.807, 2.05) is 55.5 Å². The molecule has 6 nitrogen and oxygen atoms in total. The zero-order chi connectivity index (χ0) is 23.4. The Kier molecular flexibility index (Phi) is 6.57. The summed E-state index contributed by atoms with van der Waals surface area (Å²) in [7, 11) is -2.52. The molecule has 0 aliphatic heterocycles. The van der Waals surface area contributed by atoms with E-state index >= 15 is 0 Å². The molecule has 2 aromatic heterocycles. The molecule has 33 heavy (non-hydrogen) atoms. The van der Waals surface area contributed by atoms with Crippen LogP contribution in [-0.4, -0.2) is 26.4 Å². The Morgan fingerprint density at radius 3 is 2.42 bits per heavy atom. The first-order valence-corrected chi connectivity index (χ1v) is 12.6. The number of amides is 1. The third kappa shape index (κ3) is 4.81. The maximum atomic E-state index is 13.8. The van der Waals surface area contributed by atoms with Crippen molar-refractivity contribution < 1.29 is 13.2 Å². The largest absolute Gasteiger partial charge is 0.347 e. The molecule has 0 spiro atoms. The Bertz CT molecular complexity index is 1350. The summed E-state index contributed by atoms with van der Waals surface area (Å²) in [6, 6.07) is 20.1. The van der Waals surface area contributed by atoms with Gasteiger partial charge in [0, 0.05) is 36.9 Å². The third-order valence-corrected chi connectivity index (χ3v) is 8.21. The molecule has 0 saturated heterocycles. The van der Waals surface area contributed by atoms with Gasteiger partial charge in [0.1, 0.15) is 9.77 Å². The standard InChI is InChI=1S/C25H23N3O3S2/c1-18-10-12-21(13-11-18)28(2)33(30,31)24-22(20-8-4-3-5-9-20)17-32-23(24)25(29)27-16-19-7-6-14-26-15-19/h3-15,17H,16H2,1-2H3,(H,27,29). The number of carbonyl (C=O) groups is 1. The van der Waals surface area contributed by atoms with Crippen LogP contribution in [0, 0.1) is 6.92 Å². The predicted molar refractivity (Wildman–Crippen MR) is 132 cm³/mol. The quantitative estimate of drug-likeness (QED) is 0.412. The van der Waals surface area contributed by atoms with Gasteiger partial charge >= 0.3 is 0 Å². The van der Waals surface area contributed by atoms with E-state index < -0.39 is 15.9 Å². The highest BCUT2D eigenvalue weighted by molar-refractivity contribution is 7.93. The number of carbonyl (C=O) groups excluding carboxylic acids is 1. The monoisotopic (exact) mass is 477 g/mol. The topological polar surface area (TPSA) is 79.4 Å². The van der Waals surface area contributed by atoms with Crippen LogP contribution in [0.4, 0.5) is 5.69 Å². The lowest BCUT2D eigenvalue weighted by atomic mass is 10.1. The number of anilines is 1. The lowest BCUT2D eigenvalue weighted by molar-refractivity contribution is 0.0952. The van der Waals surface area contributed by atoms with Gasteiger partial charge in [-0.15, -0.1) is 11.3 Å². The Morgan fingerprint density at radius 2 is 1.76 bits per heavy atom. The summed E-state index contributed by atoms with van der Waals surface area (Å²) in [6.07, 6.45) is 3.31. The van der Waals surface area contributed by atoms with Crippen LogP contribution < -0.4 is 9.62 Å². The molecule has 4 aromatic rings. The molecule has 2 aromatic carbocycles. The van der Waals surface area contributed by atoms with Crippen molar-refractivity contribution >= 4 is 33.0 Å². The predicted octanol–water partition coefficient (Wildman–Crippen LogP) is 4.87. The molecule has 168 valence electrons. The number of hydrogen-bond donors (Lipinski definition) is 1. The van der Waals surface area contributed by atoms with Crippen LogP contribution in [0.15, 0.2) is 89.4 Å². The van der Waals surface area contributed by atoms with E-state index in [-0.39, 0.29) is 16.3 Å². The van der Waals surface area contributed by atoms with Crippen LogP contribution in [0.5, 0.6) is 0 Å². The fourth-order valence-electron chi connectivity index (χ4n) is 3.37. The molecule has 0 aliphatic rings. The van der Waals surface area contributed by atoms with E-state index in [0.29, 0.717) is 11.3 Å². The molecule has 0 aliphatic carbocycles. The molecule has 2 heterocycles. The summed E-state index contributed by atoms with van der Waals surface area (Å²) in [6.45, 7) is 2.19. The van der Waals surface area contributed by atoms with E-state index in [1.165, 1.54) is 11.4 Å². The summed E-state index contributed by atoms with van der Waals surface area (Å²) in [5.41, 5.74) is 3.61. The molecule has 0 saturated carbocycles. The van der Waals surface area contributed by atoms with Crippen molar-refractivity contribution in [1.29, 1.82) is 0 Å². The average molecular weight is 478 g/mol. The van der Waals surface area contributed by atoms with E-state index in [0.717, 1.165) is 28.0 Å². The highest BCUT2D eigenvalue weighted by Crippen LogP contribution is 2.38. The molecule has 1 amide bonds. The van der Waals surface area contributed by atoms with Crippen LogP contribution in [0.25, 0.3) is 11.1 Å². The third-order valence-electron chi connectivity index (χ3n) is 5.23. The Labute approximate surface area is 197 Å². The molecule has 8 heteroatoms. The van der Waals surface area contributed by atoms with Crippen molar-refractivity contribution in [3.8, 4) is 11.1 Å². The number of hydrogen-bond acceptors (Lipinski definition) is 5. The Hall–Kier alpha value is -3.49. The van der Waals surface area contributed by atoms with Gasteiger partial charge in [0.15, 0.2) is 0 Å². The van der Waals surface area contributed by atoms with E-state index in [2.05, 4.69) is 10.3 Å². The fraction of sp³-hybridized carbons (Fsp3) is 0.120. The summed E-state index contributed by atoms with van der Waals surface area (Å²) >= 11 is 1.12. The van der Waals surface area contributed by atoms with Gasteiger partial charge in [0.25, 0.3) is 15.9 Å². The van der Waals surface area contributed by atoms with Gasteiger partial charge in [0.05, 0.1) is 5.69 Å². The minimum Gasteiger partial charge on any atom is -0.347 e. The highest BCUT2D eigenvalue weighted by Gasteiger charge is 2.32. The first kappa shape index (κ1) is 22.7. The minimum absolute atomic E-state index is 0.00506. The van der Waals surface area contributed by atoms with E-state index in [9.17, 15) is 13.2 Å². The van der Waals surface area contributed by atoms with Crippen LogP contribution in [0.1, 0.15) is 20.8 Å². The second-order valence-corrected chi connectivity index (χ2v) is 10.3. The van der Waals surface area contributed by atoms with Crippen molar-refractivity contribution in [2.75, 3.05) is 11.4 Å². The Morgan fingerprint density at radius 1 is 1.03 bits per heavy atom. The van der Waals surface area contributed by atoms with Gasteiger partial charge < -0.3 is 5.32 Å². The molecule has 4 rings (SSSR count). The van der Waals surface area contributed by atoms with Gasteiger partial charge in [0.2, 0.25) is 0 Å². The number of aryl methyl sites for hydroxylation is 1. The Balaban J connectivity index is 1.76. The fourth-order valence-corrected chi connectivity index (χ4v) is 6.25. The van der Waals surface area contributed by atoms with Crippen molar-refractivity contribution in [2.24, 2.45) is 0 Å². The van der Waals surface area contributed by atoms with Gasteiger partial charge in [-0.2, -0.15) is 0 Å². The first-order chi connectivity index (χ1) is 15.9. The van der Waals surface area contributed by atoms with Crippen molar-refractivity contribution in [3.63, 3.8) is 0 Å². The summed E-state index contributed by atoms with van der Waals surface area (Å²) in [5.74, 6) is -0.443. The minimum atomic E-state index is -4.03. The van der Waals surface area contributed by atoms with E-state index in [1.54, 1.807) is 36.0 Å². The van der Waals surface area contributed by atoms with Gasteiger partial charge in [-0.1, -0.05) is 54.1 Å². The number of sulfonamides is 1. The van der Waals surface area contributed by atoms with Crippen LogP contribution in [-0.2, 0) is 16.6 Å². The number of thiophene rings is 1. The number of pyridine rings is 1. The van der Waals surface area contributed by atoms with Gasteiger partial charge in [-0.3, -0.25) is 14.1 Å². The van der Waals surface area contributed by atoms with Crippen molar-refractivity contribution in [1.82, 2.24) is 10.3 Å². The number of nitrogens with zero attached hydrogens (tertiary/aromatic N) is 2. The maximum absolute atomic E-state index is 13.8. The zero-order valence-corrected chi connectivity index (χ0v) is 19.9. The number of benzene rings is 2. The molecule has 0 bridgehead atoms. The second-order valence-electron chi connectivity index (χ2n) is 7.53. The molecule has 0 fully saturated rings. The molecule has 0 atom stereocenters. The summed E-state index contributed by atoms with van der Waals surface area (Å²) in [4.78, 5) is 17.3. The molecule has 1 N–H and O–H groups in total. The average Bonchev–Trinajstić information content (AvgIpc) is 3.30. The van der Waals surface area contributed by atoms with Gasteiger partial charge in [-0.05, 0) is 36.2 Å². The molecular weight excluding hydrogens is 454 g/mol. The highest BCUT2D eigenvalue weighted by atomic mass is 32.2. The maximum Gasteiger partial charge on any atom is 0.266 e. The lowest BCUT2D eigenvalue weighted by Crippen LogP contribution is -2.30. The summed E-state index contributed by atoms with van der Waals surface area (Å²) in [5, 5.41) is 4.55. The normalized spacial score (nSPS) is 11.2. The summed E-state index contributed by atoms with van der Waals surface area (Å²) < 4.78 is 28.9. The molecular formula is C25H23N3O3S2. The molecule has 0 radical (unpaired) electrons. The first-order valence-electron chi connectivity index (χ1n) is 10.3. The van der Waals surface area contributed by atoms with Crippen LogP contribution in [0.2, 0.25) is 0 Å². The van der Waals surface area contributed by atoms with Gasteiger partial charge in [-0.25, -0.2) is 8.42 Å². The lowest BCUT2D eigenvalue weighted by Gasteiger charge is -2.21. The second kappa shape index (κ2) is 9.56. The number of nitrogens with one attached hydrogen (secondary N) is 1. The molecule has 0 unspecified atom stereocenters.